The van der Waals surface area contributed by atoms with Crippen molar-refractivity contribution in [1.29, 1.82) is 0 Å². The average molecular weight is 99.1 g/mol. The van der Waals surface area contributed by atoms with Crippen LogP contribution in [0.3, 0.4) is 0 Å². The number of nitrogens with zero attached hydrogens (tertiary/aromatic N) is 1. The van der Waals surface area contributed by atoms with Gasteiger partial charge in [0.2, 0.25) is 0 Å². The summed E-state index contributed by atoms with van der Waals surface area (Å²) in [4.78, 5) is 0. The second kappa shape index (κ2) is 1.73. The molecule has 0 aromatic carbocycles. The van der Waals surface area contributed by atoms with Crippen LogP contribution in [0.25, 0.3) is 0 Å². The van der Waals surface area contributed by atoms with Crippen LogP contribution in [0.2, 0.25) is 0 Å². The van der Waals surface area contributed by atoms with Gasteiger partial charge < -0.3 is 0 Å². The first kappa shape index (κ1) is 4.30. The summed E-state index contributed by atoms with van der Waals surface area (Å²) >= 11 is 0. The molecule has 0 aliphatic rings. The van der Waals surface area contributed by atoms with Crippen LogP contribution in [0.5, 0.6) is 0 Å². The van der Waals surface area contributed by atoms with E-state index in [1.807, 2.05) is 0 Å². The molecule has 0 fully saturated rings. The summed E-state index contributed by atoms with van der Waals surface area (Å²) in [7, 11) is 0. The van der Waals surface area contributed by atoms with E-state index in [1.54, 1.807) is 0 Å². The van der Waals surface area contributed by atoms with Crippen molar-refractivity contribution in [1.82, 2.24) is 10.2 Å². The maximum atomic E-state index is 11.5. The normalized spacial score (nSPS) is 9.29. The average Bonchev–Trinajstić information content (AvgIpc) is 2.14. The number of H-pyrrole nitrogens is 1. The number of alkyl halides is 1. The molecular weight excluding hydrogens is 95.1 g/mol. The zero-order chi connectivity index (χ0) is 5.11. The first-order valence-corrected chi connectivity index (χ1v) is 1.90. The summed E-state index contributed by atoms with van der Waals surface area (Å²) in [5.41, 5.74) is 0.403. The van der Waals surface area contributed by atoms with E-state index in [4.69, 9.17) is 0 Å². The van der Waals surface area contributed by atoms with Crippen LogP contribution in [-0.4, -0.2) is 10.2 Å². The summed E-state index contributed by atoms with van der Waals surface area (Å²) < 4.78 is 11.5. The van der Waals surface area contributed by atoms with Crippen molar-refractivity contribution < 1.29 is 4.39 Å². The van der Waals surface area contributed by atoms with Gasteiger partial charge in [0.15, 0.2) is 0 Å². The summed E-state index contributed by atoms with van der Waals surface area (Å²) in [6.45, 7) is -0.514. The first-order valence-electron chi connectivity index (χ1n) is 1.90. The van der Waals surface area contributed by atoms with Crippen molar-refractivity contribution in [3.05, 3.63) is 18.0 Å². The van der Waals surface area contributed by atoms with E-state index in [9.17, 15) is 4.39 Å². The molecule has 2 nitrogen and oxygen atoms in total. The quantitative estimate of drug-likeness (QED) is 0.551. The molecule has 1 heterocycles. The van der Waals surface area contributed by atoms with Crippen LogP contribution >= 0.6 is 0 Å². The Balaban J connectivity index is 2.76. The predicted octanol–water partition coefficient (Wildman–Crippen LogP) is 0.679. The van der Waals surface area contributed by atoms with Gasteiger partial charge in [-0.1, -0.05) is 0 Å². The lowest BCUT2D eigenvalue weighted by molar-refractivity contribution is 0.475. The summed E-state index contributed by atoms with van der Waals surface area (Å²) in [6.07, 6.45) is 2.50. The Labute approximate surface area is 40.4 Å². The van der Waals surface area contributed by atoms with E-state index in [0.717, 1.165) is 0 Å². The molecule has 0 amide bonds. The molecular formula is C4H4FN2. The van der Waals surface area contributed by atoms with Crippen LogP contribution in [-0.2, 0) is 6.67 Å². The third kappa shape index (κ3) is 0.765. The molecule has 1 radical (unpaired) electrons. The van der Waals surface area contributed by atoms with E-state index in [-0.39, 0.29) is 0 Å². The van der Waals surface area contributed by atoms with Crippen molar-refractivity contribution >= 4 is 0 Å². The van der Waals surface area contributed by atoms with Gasteiger partial charge in [-0.25, -0.2) is 4.39 Å². The summed E-state index contributed by atoms with van der Waals surface area (Å²) in [5, 5.41) is 5.84. The Morgan fingerprint density at radius 2 is 2.86 bits per heavy atom. The number of halogens is 1. The van der Waals surface area contributed by atoms with Gasteiger partial charge in [-0.15, -0.1) is 0 Å². The fraction of sp³-hybridized carbons (Fsp3) is 0.250. The zero-order valence-electron chi connectivity index (χ0n) is 3.61. The monoisotopic (exact) mass is 99.0 g/mol. The van der Waals surface area contributed by atoms with E-state index in [0.29, 0.717) is 5.69 Å². The Hall–Kier alpha value is -0.860. The number of hydrogen-bond donors (Lipinski definition) is 1. The van der Waals surface area contributed by atoms with E-state index in [1.165, 1.54) is 6.07 Å². The minimum Gasteiger partial charge on any atom is -0.276 e. The van der Waals surface area contributed by atoms with Crippen LogP contribution in [0.15, 0.2) is 6.07 Å². The van der Waals surface area contributed by atoms with Crippen molar-refractivity contribution in [2.75, 3.05) is 0 Å². The van der Waals surface area contributed by atoms with Gasteiger partial charge in [0, 0.05) is 0 Å². The highest BCUT2D eigenvalue weighted by Crippen LogP contribution is 1.90. The highest BCUT2D eigenvalue weighted by molar-refractivity contribution is 4.92. The lowest BCUT2D eigenvalue weighted by atomic mass is 10.5. The number of nitrogens with one attached hydrogen (secondary N) is 1. The number of aromatic amines is 1. The Morgan fingerprint density at radius 3 is 3.14 bits per heavy atom. The molecule has 7 heavy (non-hydrogen) atoms. The highest BCUT2D eigenvalue weighted by atomic mass is 19.1. The molecule has 1 rings (SSSR count). The second-order valence-electron chi connectivity index (χ2n) is 1.14. The molecule has 0 aliphatic heterocycles. The van der Waals surface area contributed by atoms with Gasteiger partial charge in [-0.05, 0) is 6.07 Å². The van der Waals surface area contributed by atoms with Crippen molar-refractivity contribution in [3.63, 3.8) is 0 Å². The Kier molecular flexibility index (Phi) is 1.06. The molecule has 1 aromatic heterocycles. The lowest BCUT2D eigenvalue weighted by Crippen LogP contribution is -1.74. The van der Waals surface area contributed by atoms with Crippen molar-refractivity contribution in [3.8, 4) is 0 Å². The third-order valence-corrected chi connectivity index (χ3v) is 0.640. The SMILES string of the molecule is FCc1c[c][nH]n1. The molecule has 3 heteroatoms. The minimum absolute atomic E-state index is 0.403. The van der Waals surface area contributed by atoms with Gasteiger partial charge in [-0.3, -0.25) is 5.10 Å². The molecule has 0 saturated heterocycles. The first-order chi connectivity index (χ1) is 3.43. The molecule has 1 N–H and O–H groups in total. The smallest absolute Gasteiger partial charge is 0.133 e. The van der Waals surface area contributed by atoms with Gasteiger partial charge >= 0.3 is 0 Å². The minimum atomic E-state index is -0.514. The number of rotatable bonds is 1. The third-order valence-electron chi connectivity index (χ3n) is 0.640. The molecule has 0 unspecified atom stereocenters. The fourth-order valence-electron chi connectivity index (χ4n) is 0.320. The van der Waals surface area contributed by atoms with Crippen molar-refractivity contribution in [2.45, 2.75) is 6.67 Å². The van der Waals surface area contributed by atoms with Gasteiger partial charge in [-0.2, -0.15) is 5.10 Å². The van der Waals surface area contributed by atoms with Crippen LogP contribution in [0.1, 0.15) is 5.69 Å². The zero-order valence-corrected chi connectivity index (χ0v) is 3.61. The largest absolute Gasteiger partial charge is 0.276 e. The standard InChI is InChI=1S/C4H4FN2/c5-3-4-1-2-6-7-4/h1H,3H2,(H,6,7). The molecule has 0 saturated carbocycles. The predicted molar refractivity (Wildman–Crippen MR) is 22.2 cm³/mol. The summed E-state index contributed by atoms with van der Waals surface area (Å²) in [6, 6.07) is 1.47. The van der Waals surface area contributed by atoms with Crippen LogP contribution in [0, 0.1) is 6.20 Å². The number of hydrogen-bond acceptors (Lipinski definition) is 1. The lowest BCUT2D eigenvalue weighted by Gasteiger charge is -1.73. The molecule has 0 aliphatic carbocycles. The molecule has 1 aromatic rings. The topological polar surface area (TPSA) is 28.7 Å². The van der Waals surface area contributed by atoms with Gasteiger partial charge in [0.1, 0.15) is 6.67 Å². The fourth-order valence-corrected chi connectivity index (χ4v) is 0.320. The Morgan fingerprint density at radius 1 is 2.00 bits per heavy atom. The molecule has 0 bridgehead atoms. The van der Waals surface area contributed by atoms with Gasteiger partial charge in [0.25, 0.3) is 0 Å². The van der Waals surface area contributed by atoms with E-state index < -0.39 is 6.67 Å². The summed E-state index contributed by atoms with van der Waals surface area (Å²) in [5.74, 6) is 0. The molecule has 37 valence electrons. The van der Waals surface area contributed by atoms with Gasteiger partial charge in [0.05, 0.1) is 11.9 Å². The molecule has 0 spiro atoms. The maximum Gasteiger partial charge on any atom is 0.133 e. The van der Waals surface area contributed by atoms with Crippen LogP contribution in [0.4, 0.5) is 4.39 Å². The molecule has 0 atom stereocenters. The second-order valence-corrected chi connectivity index (χ2v) is 1.14. The van der Waals surface area contributed by atoms with E-state index >= 15 is 0 Å². The highest BCUT2D eigenvalue weighted by Gasteiger charge is 1.87. The van der Waals surface area contributed by atoms with Crippen molar-refractivity contribution in [2.24, 2.45) is 0 Å². The van der Waals surface area contributed by atoms with Crippen LogP contribution < -0.4 is 0 Å². The number of aromatic nitrogens is 2. The maximum absolute atomic E-state index is 11.5. The van der Waals surface area contributed by atoms with E-state index in [2.05, 4.69) is 16.4 Å². The Bertz CT molecular complexity index is 124.